The Balaban J connectivity index is 2.65. The molecular formula is C15H18N2O2. The fraction of sp³-hybridized carbons (Fsp3) is 0.333. The largest absolute Gasteiger partial charge is 0.320 e. The lowest BCUT2D eigenvalue weighted by Crippen LogP contribution is -2.40. The van der Waals surface area contributed by atoms with Crippen LogP contribution in [-0.2, 0) is 6.54 Å². The molecule has 100 valence electrons. The molecule has 0 saturated carbocycles. The first-order valence-electron chi connectivity index (χ1n) is 6.45. The summed E-state index contributed by atoms with van der Waals surface area (Å²) in [4.78, 5) is 24.1. The second-order valence-electron chi connectivity index (χ2n) is 4.69. The highest BCUT2D eigenvalue weighted by atomic mass is 16.2. The topological polar surface area (TPSA) is 44.0 Å². The highest BCUT2D eigenvalue weighted by Gasteiger charge is 2.08. The van der Waals surface area contributed by atoms with Crippen LogP contribution in [0.2, 0.25) is 0 Å². The van der Waals surface area contributed by atoms with Crippen molar-refractivity contribution in [3.8, 4) is 5.69 Å². The molecule has 0 bridgehead atoms. The summed E-state index contributed by atoms with van der Waals surface area (Å²) in [5.74, 6) is 0. The summed E-state index contributed by atoms with van der Waals surface area (Å²) in [5.41, 5.74) is 1.92. The van der Waals surface area contributed by atoms with E-state index in [4.69, 9.17) is 0 Å². The van der Waals surface area contributed by atoms with Crippen LogP contribution in [0.3, 0.4) is 0 Å². The second-order valence-corrected chi connectivity index (χ2v) is 4.69. The lowest BCUT2D eigenvalue weighted by Gasteiger charge is -2.12. The Labute approximate surface area is 111 Å². The van der Waals surface area contributed by atoms with Crippen molar-refractivity contribution in [1.29, 1.82) is 0 Å². The summed E-state index contributed by atoms with van der Waals surface area (Å²) in [7, 11) is 0. The molecule has 0 spiro atoms. The van der Waals surface area contributed by atoms with Crippen LogP contribution < -0.4 is 11.1 Å². The van der Waals surface area contributed by atoms with Gasteiger partial charge < -0.3 is 4.57 Å². The average molecular weight is 258 g/mol. The molecule has 1 aromatic carbocycles. The van der Waals surface area contributed by atoms with Gasteiger partial charge in [0.15, 0.2) is 0 Å². The van der Waals surface area contributed by atoms with Crippen LogP contribution in [0.25, 0.3) is 5.69 Å². The van der Waals surface area contributed by atoms with Gasteiger partial charge in [-0.25, -0.2) is 0 Å². The van der Waals surface area contributed by atoms with Crippen LogP contribution in [-0.4, -0.2) is 9.13 Å². The van der Waals surface area contributed by atoms with E-state index in [-0.39, 0.29) is 0 Å². The predicted octanol–water partition coefficient (Wildman–Crippen LogP) is 2.03. The Morgan fingerprint density at radius 1 is 1.05 bits per heavy atom. The van der Waals surface area contributed by atoms with Crippen molar-refractivity contribution >= 4 is 0 Å². The monoisotopic (exact) mass is 258 g/mol. The number of hydrogen-bond donors (Lipinski definition) is 0. The number of nitrogens with zero attached hydrogens (tertiary/aromatic N) is 2. The lowest BCUT2D eigenvalue weighted by molar-refractivity contribution is 0.633. The van der Waals surface area contributed by atoms with Gasteiger partial charge in [0.05, 0.1) is 5.69 Å². The van der Waals surface area contributed by atoms with Gasteiger partial charge in [0.25, 0.3) is 0 Å². The van der Waals surface area contributed by atoms with E-state index in [0.29, 0.717) is 6.54 Å². The van der Waals surface area contributed by atoms with Crippen molar-refractivity contribution < 1.29 is 0 Å². The third-order valence-corrected chi connectivity index (χ3v) is 3.36. The van der Waals surface area contributed by atoms with Crippen LogP contribution in [0.4, 0.5) is 0 Å². The van der Waals surface area contributed by atoms with Crippen molar-refractivity contribution in [3.63, 3.8) is 0 Å². The Kier molecular flexibility index (Phi) is 3.69. The molecule has 0 unspecified atom stereocenters. The van der Waals surface area contributed by atoms with Gasteiger partial charge in [-0.15, -0.1) is 0 Å². The van der Waals surface area contributed by atoms with E-state index in [1.165, 1.54) is 9.13 Å². The van der Waals surface area contributed by atoms with Crippen molar-refractivity contribution in [2.45, 2.75) is 33.7 Å². The average Bonchev–Trinajstić information content (AvgIpc) is 2.39. The maximum absolute atomic E-state index is 12.2. The first-order valence-corrected chi connectivity index (χ1v) is 6.45. The molecule has 0 fully saturated rings. The minimum Gasteiger partial charge on any atom is -0.309 e. The van der Waals surface area contributed by atoms with E-state index < -0.39 is 11.1 Å². The SMILES string of the molecule is CCCn1ccn(-c2cccc(C)c2C)c(=O)c1=O. The molecule has 0 saturated heterocycles. The first-order chi connectivity index (χ1) is 9.06. The maximum atomic E-state index is 12.2. The smallest absolute Gasteiger partial charge is 0.309 e. The third-order valence-electron chi connectivity index (χ3n) is 3.36. The van der Waals surface area contributed by atoms with E-state index in [1.54, 1.807) is 12.4 Å². The summed E-state index contributed by atoms with van der Waals surface area (Å²) in [6, 6.07) is 5.73. The Hall–Kier alpha value is -2.10. The molecular weight excluding hydrogens is 240 g/mol. The molecule has 0 aliphatic heterocycles. The Morgan fingerprint density at radius 3 is 2.47 bits per heavy atom. The van der Waals surface area contributed by atoms with Gasteiger partial charge in [-0.3, -0.25) is 14.2 Å². The summed E-state index contributed by atoms with van der Waals surface area (Å²) in [5, 5.41) is 0. The van der Waals surface area contributed by atoms with Gasteiger partial charge in [0.2, 0.25) is 0 Å². The van der Waals surface area contributed by atoms with E-state index in [1.807, 2.05) is 39.0 Å². The van der Waals surface area contributed by atoms with Gasteiger partial charge in [-0.05, 0) is 37.5 Å². The van der Waals surface area contributed by atoms with Crippen molar-refractivity contribution in [2.75, 3.05) is 0 Å². The zero-order chi connectivity index (χ0) is 14.0. The summed E-state index contributed by atoms with van der Waals surface area (Å²) >= 11 is 0. The number of aryl methyl sites for hydroxylation is 2. The minimum atomic E-state index is -0.496. The van der Waals surface area contributed by atoms with Crippen LogP contribution in [0.15, 0.2) is 40.2 Å². The predicted molar refractivity (Wildman–Crippen MR) is 76.1 cm³/mol. The highest BCUT2D eigenvalue weighted by Crippen LogP contribution is 2.15. The molecule has 0 aliphatic carbocycles. The highest BCUT2D eigenvalue weighted by molar-refractivity contribution is 5.44. The molecule has 0 amide bonds. The molecule has 1 aromatic heterocycles. The van der Waals surface area contributed by atoms with Gasteiger partial charge in [-0.2, -0.15) is 0 Å². The number of benzene rings is 1. The standard InChI is InChI=1S/C15H18N2O2/c1-4-8-16-9-10-17(15(19)14(16)18)13-7-5-6-11(2)12(13)3/h5-7,9-10H,4,8H2,1-3H3. The molecule has 0 N–H and O–H groups in total. The summed E-state index contributed by atoms with van der Waals surface area (Å²) < 4.78 is 2.89. The van der Waals surface area contributed by atoms with Crippen molar-refractivity contribution in [3.05, 3.63) is 62.4 Å². The van der Waals surface area contributed by atoms with Crippen LogP contribution in [0.1, 0.15) is 24.5 Å². The minimum absolute atomic E-state index is 0.467. The normalized spacial score (nSPS) is 10.7. The van der Waals surface area contributed by atoms with E-state index >= 15 is 0 Å². The fourth-order valence-electron chi connectivity index (χ4n) is 2.11. The molecule has 2 rings (SSSR count). The number of hydrogen-bond acceptors (Lipinski definition) is 2. The maximum Gasteiger partial charge on any atom is 0.320 e. The zero-order valence-electron chi connectivity index (χ0n) is 11.5. The van der Waals surface area contributed by atoms with Gasteiger partial charge in [-0.1, -0.05) is 19.1 Å². The third kappa shape index (κ3) is 2.38. The number of aromatic nitrogens is 2. The van der Waals surface area contributed by atoms with Gasteiger partial charge in [0.1, 0.15) is 0 Å². The summed E-state index contributed by atoms with van der Waals surface area (Å²) in [6.07, 6.45) is 4.17. The molecule has 2 aromatic rings. The van der Waals surface area contributed by atoms with Crippen molar-refractivity contribution in [2.24, 2.45) is 0 Å². The fourth-order valence-corrected chi connectivity index (χ4v) is 2.11. The molecule has 1 heterocycles. The van der Waals surface area contributed by atoms with Gasteiger partial charge in [0, 0.05) is 18.9 Å². The Morgan fingerprint density at radius 2 is 1.79 bits per heavy atom. The van der Waals surface area contributed by atoms with E-state index in [9.17, 15) is 9.59 Å². The molecule has 0 atom stereocenters. The number of rotatable bonds is 3. The molecule has 4 nitrogen and oxygen atoms in total. The Bertz CT molecular complexity index is 711. The van der Waals surface area contributed by atoms with Gasteiger partial charge >= 0.3 is 11.1 Å². The quantitative estimate of drug-likeness (QED) is 0.791. The summed E-state index contributed by atoms with van der Waals surface area (Å²) in [6.45, 7) is 6.49. The molecule has 0 aliphatic rings. The molecule has 0 radical (unpaired) electrons. The van der Waals surface area contributed by atoms with Crippen LogP contribution in [0, 0.1) is 13.8 Å². The van der Waals surface area contributed by atoms with Crippen LogP contribution >= 0.6 is 0 Å². The second kappa shape index (κ2) is 5.26. The lowest BCUT2D eigenvalue weighted by atomic mass is 10.1. The molecule has 4 heteroatoms. The first kappa shape index (κ1) is 13.3. The zero-order valence-corrected chi connectivity index (χ0v) is 11.5. The van der Waals surface area contributed by atoms with E-state index in [2.05, 4.69) is 0 Å². The molecule has 19 heavy (non-hydrogen) atoms. The van der Waals surface area contributed by atoms with E-state index in [0.717, 1.165) is 23.2 Å². The van der Waals surface area contributed by atoms with Crippen LogP contribution in [0.5, 0.6) is 0 Å². The van der Waals surface area contributed by atoms with Crippen molar-refractivity contribution in [1.82, 2.24) is 9.13 Å².